The van der Waals surface area contributed by atoms with Crippen LogP contribution < -0.4 is 14.2 Å². The highest BCUT2D eigenvalue weighted by molar-refractivity contribution is 6.32. The molecule has 3 aromatic rings. The van der Waals surface area contributed by atoms with Gasteiger partial charge in [0.1, 0.15) is 23.7 Å². The van der Waals surface area contributed by atoms with Gasteiger partial charge in [0.05, 0.1) is 17.2 Å². The maximum Gasteiger partial charge on any atom is 0.340 e. The quantitative estimate of drug-likeness (QED) is 0.0974. The molecule has 3 rings (SSSR count). The lowest BCUT2D eigenvalue weighted by atomic mass is 10.1. The molecule has 0 spiro atoms. The highest BCUT2D eigenvalue weighted by Gasteiger charge is 2.25. The van der Waals surface area contributed by atoms with E-state index >= 15 is 0 Å². The van der Waals surface area contributed by atoms with Crippen LogP contribution in [-0.4, -0.2) is 35.4 Å². The molecule has 250 valence electrons. The molecule has 0 radical (unpaired) electrons. The van der Waals surface area contributed by atoms with Crippen molar-refractivity contribution >= 4 is 23.5 Å². The number of carboxylic acid groups (broad SMARTS) is 2. The van der Waals surface area contributed by atoms with Crippen LogP contribution in [0.15, 0.2) is 95.6 Å². The molecule has 0 bridgehead atoms. The molecule has 7 nitrogen and oxygen atoms in total. The molecule has 0 fully saturated rings. The molecule has 47 heavy (non-hydrogen) atoms. The van der Waals surface area contributed by atoms with Gasteiger partial charge >= 0.3 is 11.9 Å². The maximum absolute atomic E-state index is 12.2. The number of rotatable bonds is 19. The second-order valence-corrected chi connectivity index (χ2v) is 12.1. The summed E-state index contributed by atoms with van der Waals surface area (Å²) < 4.78 is 17.7. The Morgan fingerprint density at radius 1 is 0.745 bits per heavy atom. The van der Waals surface area contributed by atoms with Crippen LogP contribution in [-0.2, 0) is 6.42 Å². The van der Waals surface area contributed by atoms with Crippen molar-refractivity contribution in [3.8, 4) is 23.0 Å². The van der Waals surface area contributed by atoms with Crippen molar-refractivity contribution < 1.29 is 34.0 Å². The van der Waals surface area contributed by atoms with E-state index in [0.717, 1.165) is 49.7 Å². The summed E-state index contributed by atoms with van der Waals surface area (Å²) in [5, 5.41) is 20.1. The highest BCUT2D eigenvalue weighted by Crippen LogP contribution is 2.35. The Labute approximate surface area is 283 Å². The Morgan fingerprint density at radius 2 is 1.43 bits per heavy atom. The second-order valence-electron chi connectivity index (χ2n) is 11.7. The largest absolute Gasteiger partial charge is 0.490 e. The number of halogens is 1. The van der Waals surface area contributed by atoms with Gasteiger partial charge in [-0.3, -0.25) is 0 Å². The van der Waals surface area contributed by atoms with Gasteiger partial charge in [-0.1, -0.05) is 64.7 Å². The third kappa shape index (κ3) is 12.7. The number of hydrogen-bond acceptors (Lipinski definition) is 5. The van der Waals surface area contributed by atoms with Gasteiger partial charge in [-0.2, -0.15) is 0 Å². The minimum atomic E-state index is -1.39. The van der Waals surface area contributed by atoms with Crippen molar-refractivity contribution in [2.45, 2.75) is 72.6 Å². The Morgan fingerprint density at radius 3 is 2.09 bits per heavy atom. The molecule has 2 N–H and O–H groups in total. The van der Waals surface area contributed by atoms with E-state index in [1.807, 2.05) is 55.5 Å². The summed E-state index contributed by atoms with van der Waals surface area (Å²) in [4.78, 5) is 24.0. The highest BCUT2D eigenvalue weighted by atomic mass is 35.5. The number of carboxylic acids is 2. The third-order valence-electron chi connectivity index (χ3n) is 7.45. The summed E-state index contributed by atoms with van der Waals surface area (Å²) in [6.07, 6.45) is 12.5. The number of aromatic carboxylic acids is 2. The minimum Gasteiger partial charge on any atom is -0.490 e. The molecule has 0 atom stereocenters. The van der Waals surface area contributed by atoms with Crippen LogP contribution in [0.4, 0.5) is 0 Å². The van der Waals surface area contributed by atoms with E-state index in [9.17, 15) is 19.8 Å². The Hall–Kier alpha value is -4.49. The average molecular weight is 661 g/mol. The number of hydrogen-bond donors (Lipinski definition) is 2. The summed E-state index contributed by atoms with van der Waals surface area (Å²) in [6.45, 7) is 8.74. The van der Waals surface area contributed by atoms with Crippen molar-refractivity contribution in [3.63, 3.8) is 0 Å². The number of para-hydroxylation sites is 1. The van der Waals surface area contributed by atoms with E-state index in [4.69, 9.17) is 25.8 Å². The first-order valence-corrected chi connectivity index (χ1v) is 16.3. The van der Waals surface area contributed by atoms with E-state index in [-0.39, 0.29) is 23.7 Å². The number of ether oxygens (including phenoxy) is 3. The summed E-state index contributed by atoms with van der Waals surface area (Å²) in [6, 6.07) is 17.8. The van der Waals surface area contributed by atoms with Crippen molar-refractivity contribution in [1.29, 1.82) is 0 Å². The van der Waals surface area contributed by atoms with Crippen LogP contribution in [0.25, 0.3) is 0 Å². The topological polar surface area (TPSA) is 102 Å². The molecular weight excluding hydrogens is 616 g/mol. The third-order valence-corrected chi connectivity index (χ3v) is 7.77. The smallest absolute Gasteiger partial charge is 0.340 e. The van der Waals surface area contributed by atoms with E-state index in [1.54, 1.807) is 6.07 Å². The predicted molar refractivity (Wildman–Crippen MR) is 188 cm³/mol. The first-order chi connectivity index (χ1) is 22.5. The lowest BCUT2D eigenvalue weighted by Gasteiger charge is -2.16. The standard InChI is InChI=1S/C39H45ClO7/c1-27(2)11-9-12-28(3)13-10-14-29(4)24-26-46-37-35(23-22-32(38(41)42)36(37)39(43)44)45-25-8-7-15-30-18-20-31(21-19-30)47-34-17-6-5-16-33(34)40/h5-6,11,13,16-24H,7-10,12,14-15,25-26H2,1-4H3,(H,41,42)(H,43,44). The molecule has 0 aliphatic heterocycles. The summed E-state index contributed by atoms with van der Waals surface area (Å²) >= 11 is 6.18. The SMILES string of the molecule is CC(C)=CCCC(C)=CCCC(C)=CCOc1c(OCCCCc2ccc(Oc3ccccc3Cl)cc2)ccc(C(=O)O)c1C(=O)O. The predicted octanol–water partition coefficient (Wildman–Crippen LogP) is 10.7. The zero-order valence-corrected chi connectivity index (χ0v) is 28.4. The lowest BCUT2D eigenvalue weighted by molar-refractivity contribution is 0.0647. The fraction of sp³-hybridized carbons (Fsp3) is 0.333. The van der Waals surface area contributed by atoms with E-state index in [1.165, 1.54) is 23.3 Å². The van der Waals surface area contributed by atoms with Gasteiger partial charge in [0.25, 0.3) is 0 Å². The number of benzene rings is 3. The zero-order valence-electron chi connectivity index (χ0n) is 27.7. The minimum absolute atomic E-state index is 0.0782. The molecule has 3 aromatic carbocycles. The first-order valence-electron chi connectivity index (χ1n) is 15.9. The molecule has 0 saturated carbocycles. The van der Waals surface area contributed by atoms with E-state index in [0.29, 0.717) is 29.5 Å². The van der Waals surface area contributed by atoms with Gasteiger partial charge in [-0.25, -0.2) is 9.59 Å². The van der Waals surface area contributed by atoms with Crippen molar-refractivity contribution in [1.82, 2.24) is 0 Å². The number of carbonyl (C=O) groups is 2. The monoisotopic (exact) mass is 660 g/mol. The number of unbranched alkanes of at least 4 members (excludes halogenated alkanes) is 1. The van der Waals surface area contributed by atoms with Gasteiger partial charge in [0, 0.05) is 0 Å². The maximum atomic E-state index is 12.2. The molecule has 0 aliphatic rings. The molecule has 0 heterocycles. The summed E-state index contributed by atoms with van der Waals surface area (Å²) in [5.74, 6) is -1.32. The summed E-state index contributed by atoms with van der Waals surface area (Å²) in [7, 11) is 0. The van der Waals surface area contributed by atoms with E-state index in [2.05, 4.69) is 32.9 Å². The van der Waals surface area contributed by atoms with Crippen molar-refractivity contribution in [2.75, 3.05) is 13.2 Å². The van der Waals surface area contributed by atoms with Crippen LogP contribution in [0.3, 0.4) is 0 Å². The van der Waals surface area contributed by atoms with Crippen LogP contribution in [0, 0.1) is 0 Å². The van der Waals surface area contributed by atoms with Crippen LogP contribution in [0.2, 0.25) is 5.02 Å². The van der Waals surface area contributed by atoms with Gasteiger partial charge in [-0.05, 0) is 121 Å². The van der Waals surface area contributed by atoms with Crippen LogP contribution >= 0.6 is 11.6 Å². The van der Waals surface area contributed by atoms with E-state index < -0.39 is 17.5 Å². The fourth-order valence-corrected chi connectivity index (χ4v) is 4.98. The number of aryl methyl sites for hydroxylation is 1. The fourth-order valence-electron chi connectivity index (χ4n) is 4.81. The van der Waals surface area contributed by atoms with Gasteiger partial charge < -0.3 is 24.4 Å². The van der Waals surface area contributed by atoms with Crippen molar-refractivity contribution in [2.24, 2.45) is 0 Å². The molecule has 0 aromatic heterocycles. The Balaban J connectivity index is 1.56. The lowest BCUT2D eigenvalue weighted by Crippen LogP contribution is -2.13. The molecule has 8 heteroatoms. The molecule has 0 amide bonds. The first kappa shape index (κ1) is 37.0. The van der Waals surface area contributed by atoms with Gasteiger partial charge in [0.2, 0.25) is 0 Å². The van der Waals surface area contributed by atoms with Gasteiger partial charge in [0.15, 0.2) is 11.5 Å². The zero-order chi connectivity index (χ0) is 34.2. The van der Waals surface area contributed by atoms with Crippen LogP contribution in [0.1, 0.15) is 92.5 Å². The molecule has 0 aliphatic carbocycles. The summed E-state index contributed by atoms with van der Waals surface area (Å²) in [5.41, 5.74) is 4.13. The van der Waals surface area contributed by atoms with Gasteiger partial charge in [-0.15, -0.1) is 0 Å². The Bertz CT molecular complexity index is 1580. The second kappa shape index (κ2) is 19.2. The average Bonchev–Trinajstić information content (AvgIpc) is 3.02. The van der Waals surface area contributed by atoms with Crippen LogP contribution in [0.5, 0.6) is 23.0 Å². The number of allylic oxidation sites excluding steroid dienone is 5. The normalized spacial score (nSPS) is 11.6. The molecule has 0 saturated heterocycles. The Kier molecular flexibility index (Phi) is 15.1. The molecule has 0 unspecified atom stereocenters. The van der Waals surface area contributed by atoms with Crippen molar-refractivity contribution in [3.05, 3.63) is 117 Å². The molecular formula is C39H45ClO7.